The van der Waals surface area contributed by atoms with E-state index in [2.05, 4.69) is 9.68 Å². The van der Waals surface area contributed by atoms with E-state index < -0.39 is 9.73 Å². The number of benzene rings is 1. The summed E-state index contributed by atoms with van der Waals surface area (Å²) < 4.78 is 21.5. The molecule has 0 radical (unpaired) electrons. The van der Waals surface area contributed by atoms with Gasteiger partial charge >= 0.3 is 0 Å². The fourth-order valence-corrected chi connectivity index (χ4v) is 2.63. The van der Waals surface area contributed by atoms with Gasteiger partial charge in [-0.25, -0.2) is 8.57 Å². The fourth-order valence-electron chi connectivity index (χ4n) is 1.77. The van der Waals surface area contributed by atoms with Crippen molar-refractivity contribution < 1.29 is 8.95 Å². The lowest BCUT2D eigenvalue weighted by molar-refractivity contribution is 0.318. The van der Waals surface area contributed by atoms with Gasteiger partial charge in [0.1, 0.15) is 12.4 Å². The smallest absolute Gasteiger partial charge is 0.125 e. The number of ether oxygens (including phenoxy) is 1. The van der Waals surface area contributed by atoms with Crippen LogP contribution in [0.4, 0.5) is 0 Å². The van der Waals surface area contributed by atoms with Gasteiger partial charge in [0.2, 0.25) is 0 Å². The quantitative estimate of drug-likeness (QED) is 0.850. The van der Waals surface area contributed by atoms with Gasteiger partial charge in [0.25, 0.3) is 0 Å². The number of fused-ring (bicyclic) bond motifs is 1. The highest BCUT2D eigenvalue weighted by atomic mass is 32.2. The highest BCUT2D eigenvalue weighted by Gasteiger charge is 2.23. The Bertz CT molecular complexity index is 519. The van der Waals surface area contributed by atoms with Gasteiger partial charge in [0.05, 0.1) is 20.7 Å². The standard InChI is InChI=1S/C11H16N2O2S/c1-12-10-7-15-11-6-8(4-5-9(10)11)16(3,14)13-2/h4-6,10,12H,7H2,1-3H3/t10-,16?/m1/s1. The summed E-state index contributed by atoms with van der Waals surface area (Å²) in [5.74, 6) is 0.815. The van der Waals surface area contributed by atoms with Crippen LogP contribution in [0.3, 0.4) is 0 Å². The molecule has 0 spiro atoms. The molecule has 1 aromatic rings. The van der Waals surface area contributed by atoms with Gasteiger partial charge in [0.15, 0.2) is 0 Å². The van der Waals surface area contributed by atoms with Crippen LogP contribution < -0.4 is 10.1 Å². The van der Waals surface area contributed by atoms with Crippen LogP contribution in [0.2, 0.25) is 0 Å². The Hall–Kier alpha value is -1.07. The third kappa shape index (κ3) is 1.81. The maximum absolute atomic E-state index is 12.1. The summed E-state index contributed by atoms with van der Waals surface area (Å²) in [6.45, 7) is 0.628. The fraction of sp³-hybridized carbons (Fsp3) is 0.455. The minimum absolute atomic E-state index is 0.232. The molecule has 1 N–H and O–H groups in total. The van der Waals surface area contributed by atoms with Gasteiger partial charge in [0, 0.05) is 18.9 Å². The van der Waals surface area contributed by atoms with E-state index in [-0.39, 0.29) is 6.04 Å². The van der Waals surface area contributed by atoms with E-state index in [1.165, 1.54) is 0 Å². The molecule has 16 heavy (non-hydrogen) atoms. The first-order chi connectivity index (χ1) is 7.58. The average Bonchev–Trinajstić information content (AvgIpc) is 2.70. The predicted molar refractivity (Wildman–Crippen MR) is 64.4 cm³/mol. The van der Waals surface area contributed by atoms with Gasteiger partial charge in [-0.2, -0.15) is 0 Å². The zero-order valence-electron chi connectivity index (χ0n) is 9.69. The summed E-state index contributed by atoms with van der Waals surface area (Å²) in [6, 6.07) is 5.90. The molecule has 0 bridgehead atoms. The molecule has 2 atom stereocenters. The molecule has 88 valence electrons. The van der Waals surface area contributed by atoms with E-state index in [1.54, 1.807) is 13.3 Å². The van der Waals surface area contributed by atoms with Crippen molar-refractivity contribution in [1.29, 1.82) is 0 Å². The summed E-state index contributed by atoms with van der Waals surface area (Å²) in [5, 5.41) is 3.17. The molecule has 0 aromatic heterocycles. The van der Waals surface area contributed by atoms with Gasteiger partial charge in [-0.05, 0) is 19.2 Å². The first-order valence-corrected chi connectivity index (χ1v) is 7.05. The highest BCUT2D eigenvalue weighted by Crippen LogP contribution is 2.34. The topological polar surface area (TPSA) is 50.7 Å². The molecule has 1 aliphatic rings. The van der Waals surface area contributed by atoms with Crippen molar-refractivity contribution in [2.24, 2.45) is 4.36 Å². The third-order valence-corrected chi connectivity index (χ3v) is 4.73. The van der Waals surface area contributed by atoms with Crippen LogP contribution >= 0.6 is 0 Å². The molecule has 1 aromatic carbocycles. The van der Waals surface area contributed by atoms with Crippen LogP contribution in [-0.2, 0) is 9.73 Å². The van der Waals surface area contributed by atoms with E-state index in [1.807, 2.05) is 25.2 Å². The van der Waals surface area contributed by atoms with Crippen molar-refractivity contribution in [2.45, 2.75) is 10.9 Å². The Labute approximate surface area is 96.2 Å². The molecule has 2 rings (SSSR count). The number of nitrogens with zero attached hydrogens (tertiary/aromatic N) is 1. The molecule has 0 amide bonds. The SMILES string of the molecule is CN=S(C)(=O)c1ccc2c(c1)OC[C@H]2NC. The van der Waals surface area contributed by atoms with Crippen LogP contribution in [0.5, 0.6) is 5.75 Å². The first-order valence-electron chi connectivity index (χ1n) is 5.13. The van der Waals surface area contributed by atoms with Crippen LogP contribution in [0.15, 0.2) is 27.5 Å². The highest BCUT2D eigenvalue weighted by molar-refractivity contribution is 7.93. The van der Waals surface area contributed by atoms with Crippen LogP contribution in [0, 0.1) is 0 Å². The van der Waals surface area contributed by atoms with Gasteiger partial charge < -0.3 is 10.1 Å². The van der Waals surface area contributed by atoms with Gasteiger partial charge in [-0.1, -0.05) is 6.07 Å². The molecule has 4 nitrogen and oxygen atoms in total. The van der Waals surface area contributed by atoms with E-state index >= 15 is 0 Å². The van der Waals surface area contributed by atoms with Crippen LogP contribution in [0.25, 0.3) is 0 Å². The van der Waals surface area contributed by atoms with E-state index in [0.29, 0.717) is 6.61 Å². The van der Waals surface area contributed by atoms with E-state index in [9.17, 15) is 4.21 Å². The lowest BCUT2D eigenvalue weighted by Gasteiger charge is -2.07. The summed E-state index contributed by atoms with van der Waals surface area (Å²) in [6.07, 6.45) is 1.64. The molecule has 1 heterocycles. The Morgan fingerprint density at radius 1 is 1.56 bits per heavy atom. The number of nitrogens with one attached hydrogen (secondary N) is 1. The van der Waals surface area contributed by atoms with E-state index in [0.717, 1.165) is 16.2 Å². The second kappa shape index (κ2) is 4.07. The Morgan fingerprint density at radius 3 is 2.94 bits per heavy atom. The summed E-state index contributed by atoms with van der Waals surface area (Å²) >= 11 is 0. The lowest BCUT2D eigenvalue weighted by Crippen LogP contribution is -2.17. The summed E-state index contributed by atoms with van der Waals surface area (Å²) in [4.78, 5) is 0.727. The largest absolute Gasteiger partial charge is 0.491 e. The molecular formula is C11H16N2O2S. The van der Waals surface area contributed by atoms with Crippen LogP contribution in [0.1, 0.15) is 11.6 Å². The van der Waals surface area contributed by atoms with Gasteiger partial charge in [-0.3, -0.25) is 0 Å². The van der Waals surface area contributed by atoms with Crippen molar-refractivity contribution in [2.75, 3.05) is 27.0 Å². The molecule has 1 unspecified atom stereocenters. The minimum atomic E-state index is -2.27. The summed E-state index contributed by atoms with van der Waals surface area (Å²) in [5.41, 5.74) is 1.12. The number of hydrogen-bond acceptors (Lipinski definition) is 4. The molecule has 0 aliphatic carbocycles. The van der Waals surface area contributed by atoms with Gasteiger partial charge in [-0.15, -0.1) is 0 Å². The predicted octanol–water partition coefficient (Wildman–Crippen LogP) is 1.43. The number of rotatable bonds is 2. The number of likely N-dealkylation sites (N-methyl/N-ethyl adjacent to an activating group) is 1. The first kappa shape index (κ1) is 11.4. The molecule has 0 saturated heterocycles. The van der Waals surface area contributed by atoms with Crippen molar-refractivity contribution >= 4 is 9.73 Å². The maximum Gasteiger partial charge on any atom is 0.125 e. The Morgan fingerprint density at radius 2 is 2.31 bits per heavy atom. The van der Waals surface area contributed by atoms with Crippen LogP contribution in [-0.4, -0.2) is 31.2 Å². The maximum atomic E-state index is 12.1. The van der Waals surface area contributed by atoms with Crippen molar-refractivity contribution in [1.82, 2.24) is 5.32 Å². The van der Waals surface area contributed by atoms with Crippen molar-refractivity contribution in [3.05, 3.63) is 23.8 Å². The van der Waals surface area contributed by atoms with Crippen molar-refractivity contribution in [3.63, 3.8) is 0 Å². The summed E-state index contributed by atoms with van der Waals surface area (Å²) in [7, 11) is 1.21. The zero-order chi connectivity index (χ0) is 11.8. The molecule has 0 saturated carbocycles. The minimum Gasteiger partial charge on any atom is -0.491 e. The third-order valence-electron chi connectivity index (χ3n) is 2.90. The second-order valence-corrected chi connectivity index (χ2v) is 6.28. The zero-order valence-corrected chi connectivity index (χ0v) is 10.5. The molecule has 1 aliphatic heterocycles. The Kier molecular flexibility index (Phi) is 2.90. The molecular weight excluding hydrogens is 224 g/mol. The monoisotopic (exact) mass is 240 g/mol. The van der Waals surface area contributed by atoms with Crippen molar-refractivity contribution in [3.8, 4) is 5.75 Å². The second-order valence-electron chi connectivity index (χ2n) is 3.84. The van der Waals surface area contributed by atoms with E-state index in [4.69, 9.17) is 4.74 Å². The lowest BCUT2D eigenvalue weighted by atomic mass is 10.1. The Balaban J connectivity index is 2.47. The number of hydrogen-bond donors (Lipinski definition) is 1. The molecule has 0 fully saturated rings. The average molecular weight is 240 g/mol. The normalized spacial score (nSPS) is 22.1. The molecule has 5 heteroatoms.